The highest BCUT2D eigenvalue weighted by Crippen LogP contribution is 2.29. The molecule has 0 spiro atoms. The van der Waals surface area contributed by atoms with Crippen LogP contribution < -0.4 is 10.2 Å². The van der Waals surface area contributed by atoms with Gasteiger partial charge < -0.3 is 15.3 Å². The zero-order chi connectivity index (χ0) is 16.6. The van der Waals surface area contributed by atoms with E-state index in [0.29, 0.717) is 11.6 Å². The summed E-state index contributed by atoms with van der Waals surface area (Å²) in [6.07, 6.45) is 2.78. The molecular formula is C17H22N4O2. The Labute approximate surface area is 135 Å². The molecule has 1 fully saturated rings. The number of rotatable bonds is 3. The van der Waals surface area contributed by atoms with Crippen molar-refractivity contribution in [2.75, 3.05) is 18.0 Å². The predicted molar refractivity (Wildman–Crippen MR) is 90.0 cm³/mol. The van der Waals surface area contributed by atoms with Gasteiger partial charge in [-0.15, -0.1) is 5.10 Å². The minimum absolute atomic E-state index is 0.0791. The molecule has 0 amide bonds. The molecule has 1 aliphatic heterocycles. The average Bonchev–Trinajstić information content (AvgIpc) is 2.92. The second-order valence-electron chi connectivity index (χ2n) is 7.06. The summed E-state index contributed by atoms with van der Waals surface area (Å²) in [6, 6.07) is 5.66. The van der Waals surface area contributed by atoms with Gasteiger partial charge in [0.2, 0.25) is 0 Å². The van der Waals surface area contributed by atoms with Crippen molar-refractivity contribution in [1.29, 1.82) is 0 Å². The predicted octanol–water partition coefficient (Wildman–Crippen LogP) is 2.29. The molecule has 1 aromatic carbocycles. The Morgan fingerprint density at radius 1 is 1.39 bits per heavy atom. The van der Waals surface area contributed by atoms with Crippen LogP contribution in [0.2, 0.25) is 0 Å². The molecule has 2 N–H and O–H groups in total. The van der Waals surface area contributed by atoms with Crippen molar-refractivity contribution in [2.45, 2.75) is 38.8 Å². The van der Waals surface area contributed by atoms with E-state index in [1.54, 1.807) is 18.3 Å². The number of nitrogens with zero attached hydrogens (tertiary/aromatic N) is 3. The molecule has 0 aliphatic carbocycles. The lowest BCUT2D eigenvalue weighted by Gasteiger charge is -2.26. The molecule has 1 atom stereocenters. The van der Waals surface area contributed by atoms with E-state index >= 15 is 0 Å². The van der Waals surface area contributed by atoms with Crippen molar-refractivity contribution in [2.24, 2.45) is 0 Å². The van der Waals surface area contributed by atoms with Crippen molar-refractivity contribution in [3.63, 3.8) is 0 Å². The van der Waals surface area contributed by atoms with Crippen molar-refractivity contribution >= 4 is 22.6 Å². The Bertz CT molecular complexity index is 739. The third-order valence-corrected chi connectivity index (χ3v) is 4.05. The summed E-state index contributed by atoms with van der Waals surface area (Å²) in [4.78, 5) is 13.6. The van der Waals surface area contributed by atoms with E-state index in [0.717, 1.165) is 30.6 Å². The summed E-state index contributed by atoms with van der Waals surface area (Å²) in [5, 5.41) is 21.8. The Morgan fingerprint density at radius 2 is 2.17 bits per heavy atom. The lowest BCUT2D eigenvalue weighted by molar-refractivity contribution is 0.0698. The number of fused-ring (bicyclic) bond motifs is 1. The van der Waals surface area contributed by atoms with Crippen LogP contribution in [0.25, 0.3) is 10.9 Å². The summed E-state index contributed by atoms with van der Waals surface area (Å²) in [5.41, 5.74) is 1.68. The number of hydrogen-bond donors (Lipinski definition) is 2. The first-order chi connectivity index (χ1) is 10.8. The van der Waals surface area contributed by atoms with Crippen molar-refractivity contribution < 1.29 is 9.90 Å². The van der Waals surface area contributed by atoms with Gasteiger partial charge in [-0.25, -0.2) is 4.79 Å². The number of hydrogen-bond acceptors (Lipinski definition) is 5. The van der Waals surface area contributed by atoms with Crippen LogP contribution in [0.5, 0.6) is 0 Å². The number of carbonyl (C=O) groups is 1. The van der Waals surface area contributed by atoms with Crippen LogP contribution in [-0.2, 0) is 0 Å². The van der Waals surface area contributed by atoms with Crippen molar-refractivity contribution in [1.82, 2.24) is 15.5 Å². The number of carboxylic acids is 1. The standard InChI is InChI=1S/C17H22N4O2/c1-17(2,3)19-11-7-8-21(10-11)14-9-18-20-15-12(14)5-4-6-13(15)16(22)23/h4-6,9,11,19H,7-8,10H2,1-3H3,(H,22,23). The van der Waals surface area contributed by atoms with Gasteiger partial charge in [-0.2, -0.15) is 5.10 Å². The number of aromatic nitrogens is 2. The van der Waals surface area contributed by atoms with Crippen LogP contribution in [0.1, 0.15) is 37.6 Å². The van der Waals surface area contributed by atoms with Gasteiger partial charge in [0.15, 0.2) is 0 Å². The van der Waals surface area contributed by atoms with Crippen LogP contribution >= 0.6 is 0 Å². The highest BCUT2D eigenvalue weighted by Gasteiger charge is 2.27. The zero-order valence-corrected chi connectivity index (χ0v) is 13.7. The fraction of sp³-hybridized carbons (Fsp3) is 0.471. The molecule has 1 aliphatic rings. The second kappa shape index (κ2) is 5.77. The smallest absolute Gasteiger partial charge is 0.337 e. The molecule has 0 bridgehead atoms. The van der Waals surface area contributed by atoms with Gasteiger partial charge in [-0.1, -0.05) is 12.1 Å². The maximum atomic E-state index is 11.4. The lowest BCUT2D eigenvalue weighted by Crippen LogP contribution is -2.44. The monoisotopic (exact) mass is 314 g/mol. The van der Waals surface area contributed by atoms with E-state index in [9.17, 15) is 9.90 Å². The maximum absolute atomic E-state index is 11.4. The van der Waals surface area contributed by atoms with Gasteiger partial charge in [0.25, 0.3) is 0 Å². The van der Waals surface area contributed by atoms with E-state index < -0.39 is 5.97 Å². The summed E-state index contributed by atoms with van der Waals surface area (Å²) in [6.45, 7) is 8.30. The minimum atomic E-state index is -0.976. The quantitative estimate of drug-likeness (QED) is 0.905. The van der Waals surface area contributed by atoms with E-state index in [2.05, 4.69) is 41.2 Å². The summed E-state index contributed by atoms with van der Waals surface area (Å²) >= 11 is 0. The molecule has 1 saturated heterocycles. The molecule has 1 unspecified atom stereocenters. The van der Waals surface area contributed by atoms with Crippen LogP contribution in [0.4, 0.5) is 5.69 Å². The molecule has 2 aromatic rings. The molecule has 2 heterocycles. The van der Waals surface area contributed by atoms with Crippen molar-refractivity contribution in [3.8, 4) is 0 Å². The summed E-state index contributed by atoms with van der Waals surface area (Å²) in [5.74, 6) is -0.976. The van der Waals surface area contributed by atoms with E-state index in [-0.39, 0.29) is 11.1 Å². The van der Waals surface area contributed by atoms with Gasteiger partial charge in [0.05, 0.1) is 17.4 Å². The van der Waals surface area contributed by atoms with E-state index in [4.69, 9.17) is 0 Å². The molecule has 3 rings (SSSR count). The normalized spacial score (nSPS) is 18.6. The first-order valence-corrected chi connectivity index (χ1v) is 7.85. The van der Waals surface area contributed by atoms with E-state index in [1.165, 1.54) is 0 Å². The van der Waals surface area contributed by atoms with Crippen LogP contribution in [0.3, 0.4) is 0 Å². The van der Waals surface area contributed by atoms with Crippen LogP contribution in [0, 0.1) is 0 Å². The summed E-state index contributed by atoms with van der Waals surface area (Å²) in [7, 11) is 0. The largest absolute Gasteiger partial charge is 0.478 e. The molecular weight excluding hydrogens is 292 g/mol. The molecule has 0 radical (unpaired) electrons. The first kappa shape index (κ1) is 15.7. The Balaban J connectivity index is 1.93. The maximum Gasteiger partial charge on any atom is 0.337 e. The third-order valence-electron chi connectivity index (χ3n) is 4.05. The molecule has 6 nitrogen and oxygen atoms in total. The highest BCUT2D eigenvalue weighted by molar-refractivity contribution is 6.05. The van der Waals surface area contributed by atoms with E-state index in [1.807, 2.05) is 6.07 Å². The second-order valence-corrected chi connectivity index (χ2v) is 7.06. The molecule has 122 valence electrons. The van der Waals surface area contributed by atoms with Crippen LogP contribution in [-0.4, -0.2) is 45.9 Å². The molecule has 1 aromatic heterocycles. The van der Waals surface area contributed by atoms with Crippen LogP contribution in [0.15, 0.2) is 24.4 Å². The number of anilines is 1. The number of carboxylic acid groups (broad SMARTS) is 1. The SMILES string of the molecule is CC(C)(C)NC1CCN(c2cnnc3c(C(=O)O)cccc23)C1. The Kier molecular flexibility index (Phi) is 3.93. The Hall–Kier alpha value is -2.21. The number of aromatic carboxylic acids is 1. The van der Waals surface area contributed by atoms with Gasteiger partial charge in [-0.05, 0) is 33.3 Å². The topological polar surface area (TPSA) is 78.3 Å². The fourth-order valence-electron chi connectivity index (χ4n) is 3.20. The fourth-order valence-corrected chi connectivity index (χ4v) is 3.20. The third kappa shape index (κ3) is 3.27. The highest BCUT2D eigenvalue weighted by atomic mass is 16.4. The number of nitrogens with one attached hydrogen (secondary N) is 1. The molecule has 0 saturated carbocycles. The number of benzene rings is 1. The zero-order valence-electron chi connectivity index (χ0n) is 13.7. The minimum Gasteiger partial charge on any atom is -0.478 e. The molecule has 6 heteroatoms. The lowest BCUT2D eigenvalue weighted by atomic mass is 10.1. The van der Waals surface area contributed by atoms with Gasteiger partial charge >= 0.3 is 5.97 Å². The van der Waals surface area contributed by atoms with Gasteiger partial charge in [0.1, 0.15) is 5.52 Å². The average molecular weight is 314 g/mol. The Morgan fingerprint density at radius 3 is 2.87 bits per heavy atom. The first-order valence-electron chi connectivity index (χ1n) is 7.85. The molecule has 23 heavy (non-hydrogen) atoms. The van der Waals surface area contributed by atoms with Gasteiger partial charge in [-0.3, -0.25) is 0 Å². The van der Waals surface area contributed by atoms with Gasteiger partial charge in [0, 0.05) is 30.1 Å². The van der Waals surface area contributed by atoms with Crippen molar-refractivity contribution in [3.05, 3.63) is 30.0 Å². The summed E-state index contributed by atoms with van der Waals surface area (Å²) < 4.78 is 0.